The molecule has 72 valence electrons. The van der Waals surface area contributed by atoms with Crippen molar-refractivity contribution >= 4 is 11.6 Å². The molecule has 14 heavy (non-hydrogen) atoms. The summed E-state index contributed by atoms with van der Waals surface area (Å²) in [5.41, 5.74) is 1.41. The first kappa shape index (κ1) is 9.55. The van der Waals surface area contributed by atoms with Gasteiger partial charge < -0.3 is 0 Å². The molecule has 1 aliphatic carbocycles. The molecule has 2 heteroatoms. The number of benzene rings is 1. The fourth-order valence-corrected chi connectivity index (χ4v) is 2.25. The van der Waals surface area contributed by atoms with Crippen molar-refractivity contribution in [3.05, 3.63) is 34.9 Å². The maximum atomic E-state index is 8.81. The molecule has 0 atom stereocenters. The van der Waals surface area contributed by atoms with E-state index in [1.807, 2.05) is 12.1 Å². The third-order valence-electron chi connectivity index (χ3n) is 3.18. The van der Waals surface area contributed by atoms with Gasteiger partial charge in [-0.2, -0.15) is 5.26 Å². The highest BCUT2D eigenvalue weighted by atomic mass is 35.5. The lowest BCUT2D eigenvalue weighted by atomic mass is 9.63. The van der Waals surface area contributed by atoms with Crippen LogP contribution in [-0.2, 0) is 5.41 Å². The van der Waals surface area contributed by atoms with Crippen LogP contribution in [0.1, 0.15) is 31.2 Å². The third kappa shape index (κ3) is 1.51. The van der Waals surface area contributed by atoms with Gasteiger partial charge in [-0.05, 0) is 30.5 Å². The Morgan fingerprint density at radius 3 is 2.36 bits per heavy atom. The van der Waals surface area contributed by atoms with E-state index in [0.29, 0.717) is 6.42 Å². The second-order valence-electron chi connectivity index (χ2n) is 3.98. The van der Waals surface area contributed by atoms with Gasteiger partial charge in [0, 0.05) is 16.9 Å². The van der Waals surface area contributed by atoms with Crippen LogP contribution in [0.5, 0.6) is 0 Å². The van der Waals surface area contributed by atoms with Crippen molar-refractivity contribution < 1.29 is 0 Å². The van der Waals surface area contributed by atoms with Crippen LogP contribution in [0.15, 0.2) is 24.3 Å². The summed E-state index contributed by atoms with van der Waals surface area (Å²) in [6.07, 6.45) is 4.16. The second-order valence-corrected chi connectivity index (χ2v) is 4.41. The zero-order chi connectivity index (χ0) is 10.0. The average Bonchev–Trinajstić information content (AvgIpc) is 2.13. The molecule has 1 aromatic carbocycles. The normalized spacial score (nSPS) is 18.3. The van der Waals surface area contributed by atoms with Crippen LogP contribution in [0.2, 0.25) is 5.02 Å². The smallest absolute Gasteiger partial charge is 0.0631 e. The largest absolute Gasteiger partial charge is 0.198 e. The Morgan fingerprint density at radius 2 is 1.93 bits per heavy atom. The lowest BCUT2D eigenvalue weighted by molar-refractivity contribution is 0.249. The maximum absolute atomic E-state index is 8.81. The first-order chi connectivity index (χ1) is 6.77. The number of nitriles is 1. The molecule has 0 bridgehead atoms. The lowest BCUT2D eigenvalue weighted by Gasteiger charge is -2.40. The second kappa shape index (κ2) is 3.63. The molecular formula is C12H12ClN. The SMILES string of the molecule is N#CCC1(c2ccc(Cl)cc2)CCC1. The minimum Gasteiger partial charge on any atom is -0.198 e. The lowest BCUT2D eigenvalue weighted by Crippen LogP contribution is -2.33. The molecule has 0 amide bonds. The number of hydrogen-bond donors (Lipinski definition) is 0. The van der Waals surface area contributed by atoms with E-state index in [2.05, 4.69) is 18.2 Å². The van der Waals surface area contributed by atoms with E-state index >= 15 is 0 Å². The van der Waals surface area contributed by atoms with E-state index < -0.39 is 0 Å². The van der Waals surface area contributed by atoms with Crippen LogP contribution in [0.3, 0.4) is 0 Å². The molecule has 1 nitrogen and oxygen atoms in total. The average molecular weight is 206 g/mol. The van der Waals surface area contributed by atoms with E-state index in [1.165, 1.54) is 12.0 Å². The Labute approximate surface area is 89.3 Å². The molecular weight excluding hydrogens is 194 g/mol. The topological polar surface area (TPSA) is 23.8 Å². The molecule has 0 aromatic heterocycles. The van der Waals surface area contributed by atoms with Crippen LogP contribution in [0.25, 0.3) is 0 Å². The van der Waals surface area contributed by atoms with E-state index in [4.69, 9.17) is 16.9 Å². The van der Waals surface area contributed by atoms with Crippen molar-refractivity contribution in [3.63, 3.8) is 0 Å². The molecule has 1 fully saturated rings. The van der Waals surface area contributed by atoms with Crippen LogP contribution in [0.4, 0.5) is 0 Å². The molecule has 1 aromatic rings. The van der Waals surface area contributed by atoms with E-state index in [-0.39, 0.29) is 5.41 Å². The van der Waals surface area contributed by atoms with Gasteiger partial charge in [-0.15, -0.1) is 0 Å². The van der Waals surface area contributed by atoms with Gasteiger partial charge in [0.15, 0.2) is 0 Å². The van der Waals surface area contributed by atoms with Crippen LogP contribution in [0, 0.1) is 11.3 Å². The number of rotatable bonds is 2. The van der Waals surface area contributed by atoms with E-state index in [0.717, 1.165) is 17.9 Å². The maximum Gasteiger partial charge on any atom is 0.0631 e. The van der Waals surface area contributed by atoms with Crippen molar-refractivity contribution in [2.45, 2.75) is 31.1 Å². The number of hydrogen-bond acceptors (Lipinski definition) is 1. The Hall–Kier alpha value is -1.00. The monoisotopic (exact) mass is 205 g/mol. The molecule has 0 radical (unpaired) electrons. The zero-order valence-corrected chi connectivity index (χ0v) is 8.72. The van der Waals surface area contributed by atoms with Crippen LogP contribution in [-0.4, -0.2) is 0 Å². The highest BCUT2D eigenvalue weighted by Crippen LogP contribution is 2.46. The molecule has 0 unspecified atom stereocenters. The summed E-state index contributed by atoms with van der Waals surface area (Å²) in [5, 5.41) is 9.57. The highest BCUT2D eigenvalue weighted by molar-refractivity contribution is 6.30. The van der Waals surface area contributed by atoms with Crippen LogP contribution < -0.4 is 0 Å². The molecule has 0 saturated heterocycles. The Kier molecular flexibility index (Phi) is 2.48. The van der Waals surface area contributed by atoms with Gasteiger partial charge in [0.1, 0.15) is 0 Å². The fourth-order valence-electron chi connectivity index (χ4n) is 2.13. The Bertz CT molecular complexity index is 357. The van der Waals surface area contributed by atoms with Gasteiger partial charge in [0.05, 0.1) is 6.07 Å². The van der Waals surface area contributed by atoms with Gasteiger partial charge >= 0.3 is 0 Å². The number of nitrogens with zero attached hydrogens (tertiary/aromatic N) is 1. The first-order valence-corrected chi connectivity index (χ1v) is 5.28. The molecule has 1 saturated carbocycles. The predicted octanol–water partition coefficient (Wildman–Crippen LogP) is 3.68. The summed E-state index contributed by atoms with van der Waals surface area (Å²) in [4.78, 5) is 0. The van der Waals surface area contributed by atoms with Crippen LogP contribution >= 0.6 is 11.6 Å². The molecule has 0 aliphatic heterocycles. The quantitative estimate of drug-likeness (QED) is 0.723. The fraction of sp³-hybridized carbons (Fsp3) is 0.417. The molecule has 0 heterocycles. The predicted molar refractivity (Wildman–Crippen MR) is 57.2 cm³/mol. The molecule has 1 aliphatic rings. The number of halogens is 1. The summed E-state index contributed by atoms with van der Waals surface area (Å²) in [6.45, 7) is 0. The third-order valence-corrected chi connectivity index (χ3v) is 3.44. The van der Waals surface area contributed by atoms with Gasteiger partial charge in [-0.1, -0.05) is 30.2 Å². The van der Waals surface area contributed by atoms with Crippen molar-refractivity contribution in [2.75, 3.05) is 0 Å². The minimum atomic E-state index is 0.138. The van der Waals surface area contributed by atoms with Gasteiger partial charge in [-0.25, -0.2) is 0 Å². The first-order valence-electron chi connectivity index (χ1n) is 4.90. The summed E-state index contributed by atoms with van der Waals surface area (Å²) in [5.74, 6) is 0. The minimum absolute atomic E-state index is 0.138. The Balaban J connectivity index is 2.28. The van der Waals surface area contributed by atoms with E-state index in [9.17, 15) is 0 Å². The summed E-state index contributed by atoms with van der Waals surface area (Å²) >= 11 is 5.84. The van der Waals surface area contributed by atoms with Crippen molar-refractivity contribution in [1.29, 1.82) is 5.26 Å². The molecule has 0 N–H and O–H groups in total. The van der Waals surface area contributed by atoms with Gasteiger partial charge in [-0.3, -0.25) is 0 Å². The van der Waals surface area contributed by atoms with Gasteiger partial charge in [0.25, 0.3) is 0 Å². The summed E-state index contributed by atoms with van der Waals surface area (Å²) < 4.78 is 0. The van der Waals surface area contributed by atoms with Gasteiger partial charge in [0.2, 0.25) is 0 Å². The highest BCUT2D eigenvalue weighted by Gasteiger charge is 2.38. The van der Waals surface area contributed by atoms with Crippen molar-refractivity contribution in [1.82, 2.24) is 0 Å². The summed E-state index contributed by atoms with van der Waals surface area (Å²) in [6, 6.07) is 10.2. The van der Waals surface area contributed by atoms with E-state index in [1.54, 1.807) is 0 Å². The summed E-state index contributed by atoms with van der Waals surface area (Å²) in [7, 11) is 0. The van der Waals surface area contributed by atoms with Crippen molar-refractivity contribution in [2.24, 2.45) is 0 Å². The standard InChI is InChI=1S/C12H12ClN/c13-11-4-2-10(3-5-11)12(8-9-14)6-1-7-12/h2-5H,1,6-8H2. The zero-order valence-electron chi connectivity index (χ0n) is 7.96. The Morgan fingerprint density at radius 1 is 1.29 bits per heavy atom. The van der Waals surface area contributed by atoms with Crippen molar-refractivity contribution in [3.8, 4) is 6.07 Å². The molecule has 2 rings (SSSR count). The molecule has 0 spiro atoms.